The van der Waals surface area contributed by atoms with Crippen LogP contribution in [0.4, 0.5) is 5.69 Å². The van der Waals surface area contributed by atoms with Crippen LogP contribution in [-0.2, 0) is 16.4 Å². The number of hydrogen-bond donors (Lipinski definition) is 1. The van der Waals surface area contributed by atoms with E-state index in [4.69, 9.17) is 18.9 Å². The summed E-state index contributed by atoms with van der Waals surface area (Å²) in [4.78, 5) is 0.0531. The van der Waals surface area contributed by atoms with Crippen LogP contribution in [0.1, 0.15) is 19.4 Å². The van der Waals surface area contributed by atoms with Gasteiger partial charge < -0.3 is 18.9 Å². The first-order valence-electron chi connectivity index (χ1n) is 8.59. The minimum absolute atomic E-state index is 0.0483. The molecule has 0 fully saturated rings. The molecule has 1 aliphatic heterocycles. The van der Waals surface area contributed by atoms with Crippen molar-refractivity contribution in [3.8, 4) is 23.0 Å². The summed E-state index contributed by atoms with van der Waals surface area (Å²) in [5.41, 5.74) is 1.33. The van der Waals surface area contributed by atoms with E-state index < -0.39 is 10.0 Å². The van der Waals surface area contributed by atoms with Gasteiger partial charge in [-0.25, -0.2) is 8.42 Å². The number of anilines is 1. The fourth-order valence-electron chi connectivity index (χ4n) is 2.98. The van der Waals surface area contributed by atoms with Gasteiger partial charge in [-0.3, -0.25) is 4.72 Å². The molecule has 2 aromatic rings. The molecule has 1 heterocycles. The molecule has 1 unspecified atom stereocenters. The van der Waals surface area contributed by atoms with Gasteiger partial charge in [-0.05, 0) is 32.0 Å². The topological polar surface area (TPSA) is 83.1 Å². The van der Waals surface area contributed by atoms with Crippen molar-refractivity contribution < 1.29 is 27.4 Å². The maximum atomic E-state index is 12.9. The van der Waals surface area contributed by atoms with Crippen molar-refractivity contribution >= 4 is 15.7 Å². The molecule has 0 aromatic heterocycles. The second kappa shape index (κ2) is 7.56. The molecule has 0 amide bonds. The van der Waals surface area contributed by atoms with E-state index in [1.807, 2.05) is 19.9 Å². The Balaban J connectivity index is 1.97. The fourth-order valence-corrected chi connectivity index (χ4v) is 4.06. The van der Waals surface area contributed by atoms with Crippen molar-refractivity contribution in [2.45, 2.75) is 31.3 Å². The molecule has 0 spiro atoms. The molecule has 1 N–H and O–H groups in total. The number of nitrogens with one attached hydrogen (secondary N) is 1. The Kier molecular flexibility index (Phi) is 5.36. The maximum absolute atomic E-state index is 12.9. The number of hydrogen-bond acceptors (Lipinski definition) is 6. The molecule has 27 heavy (non-hydrogen) atoms. The van der Waals surface area contributed by atoms with E-state index in [1.54, 1.807) is 12.1 Å². The highest BCUT2D eigenvalue weighted by Crippen LogP contribution is 2.39. The van der Waals surface area contributed by atoms with Gasteiger partial charge in [-0.15, -0.1) is 0 Å². The predicted octanol–water partition coefficient (Wildman–Crippen LogP) is 3.23. The number of rotatable bonds is 7. The van der Waals surface area contributed by atoms with Crippen LogP contribution in [0.2, 0.25) is 0 Å². The zero-order chi connectivity index (χ0) is 19.6. The second-order valence-electron chi connectivity index (χ2n) is 6.14. The van der Waals surface area contributed by atoms with Crippen LogP contribution >= 0.6 is 0 Å². The van der Waals surface area contributed by atoms with Crippen LogP contribution in [0, 0.1) is 0 Å². The van der Waals surface area contributed by atoms with Gasteiger partial charge in [0.05, 0.1) is 31.4 Å². The van der Waals surface area contributed by atoms with E-state index >= 15 is 0 Å². The Morgan fingerprint density at radius 2 is 1.85 bits per heavy atom. The zero-order valence-corrected chi connectivity index (χ0v) is 16.6. The molecule has 3 rings (SSSR count). The van der Waals surface area contributed by atoms with Crippen LogP contribution in [0.5, 0.6) is 23.0 Å². The highest BCUT2D eigenvalue weighted by molar-refractivity contribution is 7.92. The summed E-state index contributed by atoms with van der Waals surface area (Å²) in [6, 6.07) is 7.91. The van der Waals surface area contributed by atoms with Crippen LogP contribution in [-0.4, -0.2) is 35.3 Å². The molecule has 7 nitrogen and oxygen atoms in total. The highest BCUT2D eigenvalue weighted by atomic mass is 32.2. The number of methoxy groups -OCH3 is 2. The molecule has 146 valence electrons. The second-order valence-corrected chi connectivity index (χ2v) is 7.83. The Hall–Kier alpha value is -2.61. The molecule has 0 saturated carbocycles. The minimum Gasteiger partial charge on any atom is -0.493 e. The summed E-state index contributed by atoms with van der Waals surface area (Å²) in [6.07, 6.45) is 0.810. The molecule has 0 aliphatic carbocycles. The van der Waals surface area contributed by atoms with Crippen molar-refractivity contribution in [3.05, 3.63) is 35.9 Å². The van der Waals surface area contributed by atoms with E-state index in [2.05, 4.69) is 4.72 Å². The largest absolute Gasteiger partial charge is 0.493 e. The van der Waals surface area contributed by atoms with Crippen molar-refractivity contribution in [3.63, 3.8) is 0 Å². The molecule has 8 heteroatoms. The lowest BCUT2D eigenvalue weighted by Crippen LogP contribution is -2.14. The summed E-state index contributed by atoms with van der Waals surface area (Å²) >= 11 is 0. The van der Waals surface area contributed by atoms with E-state index in [0.717, 1.165) is 12.0 Å². The van der Waals surface area contributed by atoms with Gasteiger partial charge in [-0.2, -0.15) is 0 Å². The molecule has 2 aromatic carbocycles. The maximum Gasteiger partial charge on any atom is 0.262 e. The van der Waals surface area contributed by atoms with Crippen molar-refractivity contribution in [1.82, 2.24) is 0 Å². The van der Waals surface area contributed by atoms with Crippen molar-refractivity contribution in [2.24, 2.45) is 0 Å². The summed E-state index contributed by atoms with van der Waals surface area (Å²) in [6.45, 7) is 4.23. The van der Waals surface area contributed by atoms with Crippen LogP contribution in [0.3, 0.4) is 0 Å². The number of ether oxygens (including phenoxy) is 4. The quantitative estimate of drug-likeness (QED) is 0.778. The lowest BCUT2D eigenvalue weighted by atomic mass is 10.1. The van der Waals surface area contributed by atoms with E-state index in [1.165, 1.54) is 26.4 Å². The third kappa shape index (κ3) is 3.90. The first-order chi connectivity index (χ1) is 12.9. The fraction of sp³-hybridized carbons (Fsp3) is 0.368. The van der Waals surface area contributed by atoms with Gasteiger partial charge in [0.15, 0.2) is 11.5 Å². The number of fused-ring (bicyclic) bond motifs is 1. The Morgan fingerprint density at radius 1 is 1.11 bits per heavy atom. The van der Waals surface area contributed by atoms with Gasteiger partial charge in [0.1, 0.15) is 17.6 Å². The van der Waals surface area contributed by atoms with E-state index in [0.29, 0.717) is 35.3 Å². The molecule has 0 radical (unpaired) electrons. The normalized spacial score (nSPS) is 15.6. The van der Waals surface area contributed by atoms with Gasteiger partial charge >= 0.3 is 0 Å². The van der Waals surface area contributed by atoms with Crippen molar-refractivity contribution in [1.29, 1.82) is 0 Å². The Morgan fingerprint density at radius 3 is 2.52 bits per heavy atom. The molecule has 1 aliphatic rings. The lowest BCUT2D eigenvalue weighted by Gasteiger charge is -2.15. The summed E-state index contributed by atoms with van der Waals surface area (Å²) in [5, 5.41) is 0. The van der Waals surface area contributed by atoms with Gasteiger partial charge in [0, 0.05) is 24.1 Å². The van der Waals surface area contributed by atoms with Crippen LogP contribution < -0.4 is 23.7 Å². The lowest BCUT2D eigenvalue weighted by molar-refractivity contribution is 0.254. The molecular weight excluding hydrogens is 370 g/mol. The number of sulfonamides is 1. The predicted molar refractivity (Wildman–Crippen MR) is 102 cm³/mol. The standard InChI is InChI=1S/C19H23NO6S/c1-5-25-18-9-13-8-12(2)26-17(13)11-15(18)20-27(21,22)14-6-7-16(23-3)19(10-14)24-4/h6-7,9-12,20H,5,8H2,1-4H3. The van der Waals surface area contributed by atoms with Crippen LogP contribution in [0.15, 0.2) is 35.2 Å². The molecule has 0 bridgehead atoms. The van der Waals surface area contributed by atoms with Gasteiger partial charge in [-0.1, -0.05) is 0 Å². The first kappa shape index (κ1) is 19.2. The average molecular weight is 393 g/mol. The smallest absolute Gasteiger partial charge is 0.262 e. The van der Waals surface area contributed by atoms with Crippen LogP contribution in [0.25, 0.3) is 0 Å². The third-order valence-electron chi connectivity index (χ3n) is 4.21. The summed E-state index contributed by atoms with van der Waals surface area (Å²) in [7, 11) is -0.921. The Labute approximate surface area is 159 Å². The van der Waals surface area contributed by atoms with Crippen molar-refractivity contribution in [2.75, 3.05) is 25.5 Å². The SMILES string of the molecule is CCOc1cc2c(cc1NS(=O)(=O)c1ccc(OC)c(OC)c1)OC(C)C2. The molecular formula is C19H23NO6S. The number of benzene rings is 2. The minimum atomic E-state index is -3.86. The van der Waals surface area contributed by atoms with E-state index in [-0.39, 0.29) is 11.0 Å². The first-order valence-corrected chi connectivity index (χ1v) is 10.1. The molecule has 1 atom stereocenters. The molecule has 0 saturated heterocycles. The monoisotopic (exact) mass is 393 g/mol. The average Bonchev–Trinajstić information content (AvgIpc) is 3.00. The van der Waals surface area contributed by atoms with Gasteiger partial charge in [0.2, 0.25) is 0 Å². The van der Waals surface area contributed by atoms with Gasteiger partial charge in [0.25, 0.3) is 10.0 Å². The van der Waals surface area contributed by atoms with E-state index in [9.17, 15) is 8.42 Å². The zero-order valence-electron chi connectivity index (χ0n) is 15.7. The summed E-state index contributed by atoms with van der Waals surface area (Å²) in [5.74, 6) is 1.91. The Bertz CT molecular complexity index is 941. The highest BCUT2D eigenvalue weighted by Gasteiger charge is 2.25. The summed E-state index contributed by atoms with van der Waals surface area (Å²) < 4.78 is 50.1. The third-order valence-corrected chi connectivity index (χ3v) is 5.57.